The zero-order valence-electron chi connectivity index (χ0n) is 16.5. The number of amides is 1. The van der Waals surface area contributed by atoms with Gasteiger partial charge in [-0.2, -0.15) is 0 Å². The van der Waals surface area contributed by atoms with E-state index in [9.17, 15) is 4.79 Å². The van der Waals surface area contributed by atoms with Crippen LogP contribution in [0, 0.1) is 0 Å². The molecule has 2 aromatic carbocycles. The second-order valence-electron chi connectivity index (χ2n) is 8.52. The van der Waals surface area contributed by atoms with Gasteiger partial charge in [-0.1, -0.05) is 70.2 Å². The molecular formula is C23H27NOS2. The van der Waals surface area contributed by atoms with Crippen LogP contribution in [-0.4, -0.2) is 22.1 Å². The van der Waals surface area contributed by atoms with E-state index < -0.39 is 0 Å². The summed E-state index contributed by atoms with van der Waals surface area (Å²) in [6, 6.07) is 16.0. The summed E-state index contributed by atoms with van der Waals surface area (Å²) in [5.74, 6) is -0.0804. The number of carbonyl (C=O) groups excluding carboxylic acids is 1. The van der Waals surface area contributed by atoms with Gasteiger partial charge in [-0.3, -0.25) is 4.79 Å². The van der Waals surface area contributed by atoms with Crippen molar-refractivity contribution in [3.63, 3.8) is 0 Å². The summed E-state index contributed by atoms with van der Waals surface area (Å²) in [5, 5.41) is 2.92. The number of benzene rings is 2. The van der Waals surface area contributed by atoms with E-state index in [0.717, 1.165) is 11.3 Å². The van der Waals surface area contributed by atoms with Crippen molar-refractivity contribution in [2.45, 2.75) is 55.6 Å². The van der Waals surface area contributed by atoms with Crippen molar-refractivity contribution in [1.29, 1.82) is 0 Å². The van der Waals surface area contributed by atoms with Crippen LogP contribution < -0.4 is 5.32 Å². The van der Waals surface area contributed by atoms with Crippen LogP contribution in [0.1, 0.15) is 55.6 Å². The lowest BCUT2D eigenvalue weighted by atomic mass is 9.76. The monoisotopic (exact) mass is 397 g/mol. The molecule has 0 saturated carbocycles. The maximum atomic E-state index is 12.2. The minimum absolute atomic E-state index is 0.0804. The summed E-state index contributed by atoms with van der Waals surface area (Å²) in [6.07, 6.45) is 1.86. The Morgan fingerprint density at radius 1 is 1.11 bits per heavy atom. The summed E-state index contributed by atoms with van der Waals surface area (Å²) in [6.45, 7) is 9.72. The number of hydrogen-bond donors (Lipinski definition) is 1. The van der Waals surface area contributed by atoms with E-state index in [1.807, 2.05) is 42.1 Å². The van der Waals surface area contributed by atoms with Gasteiger partial charge in [0.25, 0.3) is 5.91 Å². The summed E-state index contributed by atoms with van der Waals surface area (Å²) in [5.41, 5.74) is 3.46. The molecule has 1 aliphatic rings. The molecule has 4 heteroatoms. The van der Waals surface area contributed by atoms with Gasteiger partial charge in [-0.25, -0.2) is 0 Å². The molecule has 0 saturated heterocycles. The van der Waals surface area contributed by atoms with Gasteiger partial charge in [0.15, 0.2) is 0 Å². The molecule has 0 unspecified atom stereocenters. The standard InChI is InChI=1S/C23H27NOS2/c1-22(2)15-23(3,4)27-20-11-10-16(13-19(20)22)12-18(26)14-24-21(25)17-8-6-5-7-9-17/h5-11,13H,12,14-15H2,1-4H3,(H,24,25). The van der Waals surface area contributed by atoms with Crippen LogP contribution in [0.3, 0.4) is 0 Å². The number of thiocarbonyl (C=S) groups is 1. The lowest BCUT2D eigenvalue weighted by molar-refractivity contribution is 0.0959. The Morgan fingerprint density at radius 3 is 2.52 bits per heavy atom. The minimum atomic E-state index is -0.0804. The molecule has 27 heavy (non-hydrogen) atoms. The summed E-state index contributed by atoms with van der Waals surface area (Å²) < 4.78 is 0.259. The van der Waals surface area contributed by atoms with Gasteiger partial charge >= 0.3 is 0 Å². The molecule has 2 nitrogen and oxygen atoms in total. The molecule has 0 spiro atoms. The average Bonchev–Trinajstić information content (AvgIpc) is 2.59. The van der Waals surface area contributed by atoms with E-state index in [2.05, 4.69) is 51.2 Å². The fourth-order valence-electron chi connectivity index (χ4n) is 3.96. The first kappa shape index (κ1) is 20.1. The molecule has 2 aromatic rings. The lowest BCUT2D eigenvalue weighted by Gasteiger charge is -2.41. The highest BCUT2D eigenvalue weighted by atomic mass is 32.2. The van der Waals surface area contributed by atoms with Gasteiger partial charge in [-0.05, 0) is 41.2 Å². The van der Waals surface area contributed by atoms with Crippen LogP contribution in [0.2, 0.25) is 0 Å². The van der Waals surface area contributed by atoms with Crippen LogP contribution >= 0.6 is 24.0 Å². The maximum Gasteiger partial charge on any atom is 0.251 e. The lowest BCUT2D eigenvalue weighted by Crippen LogP contribution is -2.34. The fraction of sp³-hybridized carbons (Fsp3) is 0.391. The van der Waals surface area contributed by atoms with Gasteiger partial charge in [0, 0.05) is 33.0 Å². The second-order valence-corrected chi connectivity index (χ2v) is 10.8. The fourth-order valence-corrected chi connectivity index (χ4v) is 5.81. The first-order valence-corrected chi connectivity index (χ1v) is 10.6. The number of nitrogens with one attached hydrogen (secondary N) is 1. The summed E-state index contributed by atoms with van der Waals surface area (Å²) >= 11 is 7.50. The largest absolute Gasteiger partial charge is 0.347 e. The highest BCUT2D eigenvalue weighted by Crippen LogP contribution is 2.51. The molecule has 1 N–H and O–H groups in total. The van der Waals surface area contributed by atoms with Gasteiger partial charge in [-0.15, -0.1) is 11.8 Å². The van der Waals surface area contributed by atoms with Crippen molar-refractivity contribution in [3.8, 4) is 0 Å². The average molecular weight is 398 g/mol. The Hall–Kier alpha value is -1.65. The molecule has 0 atom stereocenters. The Kier molecular flexibility index (Phi) is 5.78. The highest BCUT2D eigenvalue weighted by molar-refractivity contribution is 8.00. The minimum Gasteiger partial charge on any atom is -0.347 e. The van der Waals surface area contributed by atoms with Crippen molar-refractivity contribution in [2.24, 2.45) is 0 Å². The van der Waals surface area contributed by atoms with Gasteiger partial charge in [0.05, 0.1) is 0 Å². The Balaban J connectivity index is 1.65. The number of fused-ring (bicyclic) bond motifs is 1. The van der Waals surface area contributed by atoms with Crippen LogP contribution in [0.15, 0.2) is 53.4 Å². The van der Waals surface area contributed by atoms with Crippen LogP contribution in [0.4, 0.5) is 0 Å². The quantitative estimate of drug-likeness (QED) is 0.668. The van der Waals surface area contributed by atoms with Crippen LogP contribution in [0.5, 0.6) is 0 Å². The number of rotatable bonds is 5. The van der Waals surface area contributed by atoms with E-state index in [1.165, 1.54) is 16.0 Å². The molecule has 0 bridgehead atoms. The van der Waals surface area contributed by atoms with Crippen molar-refractivity contribution >= 4 is 34.8 Å². The molecule has 1 aliphatic heterocycles. The number of carbonyl (C=O) groups is 1. The van der Waals surface area contributed by atoms with E-state index >= 15 is 0 Å². The van der Waals surface area contributed by atoms with E-state index in [-0.39, 0.29) is 16.1 Å². The van der Waals surface area contributed by atoms with Crippen molar-refractivity contribution < 1.29 is 4.79 Å². The smallest absolute Gasteiger partial charge is 0.251 e. The summed E-state index contributed by atoms with van der Waals surface area (Å²) in [7, 11) is 0. The van der Waals surface area contributed by atoms with Gasteiger partial charge in [0.1, 0.15) is 0 Å². The third kappa shape index (κ3) is 4.99. The molecule has 0 aliphatic carbocycles. The molecule has 0 aromatic heterocycles. The maximum absolute atomic E-state index is 12.2. The van der Waals surface area contributed by atoms with Crippen molar-refractivity contribution in [3.05, 3.63) is 65.2 Å². The predicted molar refractivity (Wildman–Crippen MR) is 119 cm³/mol. The first-order valence-electron chi connectivity index (χ1n) is 9.34. The normalized spacial score (nSPS) is 17.0. The Bertz CT molecular complexity index is 856. The SMILES string of the molecule is CC1(C)CC(C)(C)c2cc(CC(=S)CNC(=O)c3ccccc3)ccc2S1. The second kappa shape index (κ2) is 7.76. The molecule has 1 heterocycles. The van der Waals surface area contributed by atoms with Crippen LogP contribution in [-0.2, 0) is 11.8 Å². The third-order valence-electron chi connectivity index (χ3n) is 4.91. The number of hydrogen-bond acceptors (Lipinski definition) is 3. The van der Waals surface area contributed by atoms with Gasteiger partial charge < -0.3 is 5.32 Å². The van der Waals surface area contributed by atoms with Crippen LogP contribution in [0.25, 0.3) is 0 Å². The topological polar surface area (TPSA) is 29.1 Å². The molecule has 1 amide bonds. The van der Waals surface area contributed by atoms with Gasteiger partial charge in [0.2, 0.25) is 0 Å². The third-order valence-corrected chi connectivity index (χ3v) is 6.47. The number of thioether (sulfide) groups is 1. The van der Waals surface area contributed by atoms with Crippen molar-refractivity contribution in [1.82, 2.24) is 5.32 Å². The van der Waals surface area contributed by atoms with Crippen molar-refractivity contribution in [2.75, 3.05) is 6.54 Å². The Labute approximate surface area is 172 Å². The summed E-state index contributed by atoms with van der Waals surface area (Å²) in [4.78, 5) is 14.4. The zero-order valence-corrected chi connectivity index (χ0v) is 18.1. The van der Waals surface area contributed by atoms with E-state index in [1.54, 1.807) is 0 Å². The molecule has 142 valence electrons. The Morgan fingerprint density at radius 2 is 1.81 bits per heavy atom. The first-order chi connectivity index (χ1) is 12.7. The molecule has 0 fully saturated rings. The molecular weight excluding hydrogens is 370 g/mol. The zero-order chi connectivity index (χ0) is 19.7. The van der Waals surface area contributed by atoms with E-state index in [4.69, 9.17) is 12.2 Å². The predicted octanol–water partition coefficient (Wildman–Crippen LogP) is 5.58. The molecule has 0 radical (unpaired) electrons. The highest BCUT2D eigenvalue weighted by Gasteiger charge is 2.37. The van der Waals surface area contributed by atoms with E-state index in [0.29, 0.717) is 18.5 Å². The molecule has 3 rings (SSSR count).